The van der Waals surface area contributed by atoms with Gasteiger partial charge in [-0.2, -0.15) is 9.83 Å². The minimum atomic E-state index is -0.447. The molecule has 1 aliphatic rings. The number of carbonyl (C=O) groups excluding carboxylic acids is 1. The topological polar surface area (TPSA) is 60.5 Å². The van der Waals surface area contributed by atoms with Crippen LogP contribution < -0.4 is 4.57 Å². The SMILES string of the molecule is CC(C)(C)OC(=O)N1CCN(Cc2cc[n+](CC#N)cc2)CC1. The molecule has 0 aromatic carbocycles. The fourth-order valence-corrected chi connectivity index (χ4v) is 2.45. The van der Waals surface area contributed by atoms with Crippen LogP contribution in [0.1, 0.15) is 26.3 Å². The van der Waals surface area contributed by atoms with Crippen molar-refractivity contribution in [1.29, 1.82) is 5.26 Å². The van der Waals surface area contributed by atoms with Gasteiger partial charge in [0.2, 0.25) is 6.54 Å². The zero-order chi connectivity index (χ0) is 16.9. The summed E-state index contributed by atoms with van der Waals surface area (Å²) >= 11 is 0. The number of piperazine rings is 1. The molecule has 2 rings (SSSR count). The Balaban J connectivity index is 1.80. The van der Waals surface area contributed by atoms with E-state index in [1.807, 2.05) is 49.9 Å². The highest BCUT2D eigenvalue weighted by atomic mass is 16.6. The maximum atomic E-state index is 12.0. The Morgan fingerprint density at radius 2 is 1.87 bits per heavy atom. The Hall–Kier alpha value is -2.13. The Bertz CT molecular complexity index is 564. The van der Waals surface area contributed by atoms with Gasteiger partial charge in [0.05, 0.1) is 0 Å². The summed E-state index contributed by atoms with van der Waals surface area (Å²) in [5.74, 6) is 0. The average Bonchev–Trinajstić information content (AvgIpc) is 2.48. The molecule has 1 aliphatic heterocycles. The monoisotopic (exact) mass is 317 g/mol. The highest BCUT2D eigenvalue weighted by molar-refractivity contribution is 5.68. The quantitative estimate of drug-likeness (QED) is 0.794. The summed E-state index contributed by atoms with van der Waals surface area (Å²) < 4.78 is 7.26. The number of ether oxygens (including phenoxy) is 1. The summed E-state index contributed by atoms with van der Waals surface area (Å²) in [6.45, 7) is 9.94. The highest BCUT2D eigenvalue weighted by Crippen LogP contribution is 2.13. The number of amides is 1. The average molecular weight is 317 g/mol. The number of pyridine rings is 1. The van der Waals surface area contributed by atoms with Crippen molar-refractivity contribution in [2.75, 3.05) is 26.2 Å². The van der Waals surface area contributed by atoms with E-state index in [1.54, 1.807) is 4.90 Å². The molecule has 0 spiro atoms. The molecule has 6 nitrogen and oxygen atoms in total. The van der Waals surface area contributed by atoms with Crippen molar-refractivity contribution in [3.05, 3.63) is 30.1 Å². The van der Waals surface area contributed by atoms with Gasteiger partial charge in [0.1, 0.15) is 11.7 Å². The molecular formula is C17H25N4O2+. The van der Waals surface area contributed by atoms with Crippen molar-refractivity contribution in [2.24, 2.45) is 0 Å². The number of nitrogens with zero attached hydrogens (tertiary/aromatic N) is 4. The lowest BCUT2D eigenvalue weighted by molar-refractivity contribution is -0.685. The first-order valence-electron chi connectivity index (χ1n) is 7.92. The van der Waals surface area contributed by atoms with Gasteiger partial charge in [-0.3, -0.25) is 4.90 Å². The fourth-order valence-electron chi connectivity index (χ4n) is 2.45. The van der Waals surface area contributed by atoms with Crippen LogP contribution in [0.4, 0.5) is 4.79 Å². The first-order valence-corrected chi connectivity index (χ1v) is 7.92. The van der Waals surface area contributed by atoms with Crippen molar-refractivity contribution in [2.45, 2.75) is 39.5 Å². The van der Waals surface area contributed by atoms with E-state index in [4.69, 9.17) is 10.00 Å². The zero-order valence-electron chi connectivity index (χ0n) is 14.2. The number of aromatic nitrogens is 1. The van der Waals surface area contributed by atoms with Crippen LogP contribution in [0.15, 0.2) is 24.5 Å². The van der Waals surface area contributed by atoms with Crippen LogP contribution in [0.25, 0.3) is 0 Å². The molecule has 0 saturated carbocycles. The number of rotatable bonds is 3. The molecular weight excluding hydrogens is 292 g/mol. The Kier molecular flexibility index (Phi) is 5.56. The first-order chi connectivity index (χ1) is 10.9. The van der Waals surface area contributed by atoms with E-state index >= 15 is 0 Å². The molecule has 6 heteroatoms. The van der Waals surface area contributed by atoms with Gasteiger partial charge in [0.15, 0.2) is 12.4 Å². The minimum Gasteiger partial charge on any atom is -0.444 e. The zero-order valence-corrected chi connectivity index (χ0v) is 14.2. The van der Waals surface area contributed by atoms with Crippen LogP contribution in [0.5, 0.6) is 0 Å². The molecule has 1 aromatic heterocycles. The summed E-state index contributed by atoms with van der Waals surface area (Å²) in [5, 5.41) is 8.67. The van der Waals surface area contributed by atoms with E-state index < -0.39 is 5.60 Å². The van der Waals surface area contributed by atoms with Crippen LogP contribution in [-0.2, 0) is 17.8 Å². The van der Waals surface area contributed by atoms with Crippen molar-refractivity contribution in [3.8, 4) is 6.07 Å². The van der Waals surface area contributed by atoms with Crippen LogP contribution in [0, 0.1) is 11.3 Å². The molecule has 1 saturated heterocycles. The summed E-state index contributed by atoms with van der Waals surface area (Å²) in [5.41, 5.74) is 0.766. The first kappa shape index (κ1) is 17.2. The lowest BCUT2D eigenvalue weighted by Gasteiger charge is -2.35. The van der Waals surface area contributed by atoms with Gasteiger partial charge in [-0.1, -0.05) is 0 Å². The Labute approximate surface area is 137 Å². The third-order valence-electron chi connectivity index (χ3n) is 3.64. The van der Waals surface area contributed by atoms with Crippen molar-refractivity contribution < 1.29 is 14.1 Å². The van der Waals surface area contributed by atoms with E-state index in [0.717, 1.165) is 19.6 Å². The van der Waals surface area contributed by atoms with Crippen LogP contribution in [0.3, 0.4) is 0 Å². The fraction of sp³-hybridized carbons (Fsp3) is 0.588. The van der Waals surface area contributed by atoms with Gasteiger partial charge in [0, 0.05) is 44.9 Å². The summed E-state index contributed by atoms with van der Waals surface area (Å²) in [6, 6.07) is 6.20. The van der Waals surface area contributed by atoms with E-state index in [9.17, 15) is 4.79 Å². The molecule has 0 radical (unpaired) electrons. The predicted octanol–water partition coefficient (Wildman–Crippen LogP) is 1.55. The standard InChI is InChI=1S/C17H25N4O2/c1-17(2,3)23-16(22)21-12-10-20(11-13-21)14-15-4-7-19(8-5-15)9-6-18/h4-5,7-8H,9-14H2,1-3H3/q+1. The molecule has 124 valence electrons. The smallest absolute Gasteiger partial charge is 0.410 e. The Morgan fingerprint density at radius 3 is 2.39 bits per heavy atom. The molecule has 0 bridgehead atoms. The second kappa shape index (κ2) is 7.42. The third-order valence-corrected chi connectivity index (χ3v) is 3.64. The van der Waals surface area contributed by atoms with Gasteiger partial charge >= 0.3 is 6.09 Å². The number of hydrogen-bond donors (Lipinski definition) is 0. The molecule has 1 fully saturated rings. The third kappa shape index (κ3) is 5.53. The normalized spacial score (nSPS) is 16.0. The van der Waals surface area contributed by atoms with E-state index in [-0.39, 0.29) is 6.09 Å². The van der Waals surface area contributed by atoms with Crippen LogP contribution in [0.2, 0.25) is 0 Å². The molecule has 2 heterocycles. The van der Waals surface area contributed by atoms with Gasteiger partial charge in [0.25, 0.3) is 0 Å². The highest BCUT2D eigenvalue weighted by Gasteiger charge is 2.25. The largest absolute Gasteiger partial charge is 0.444 e. The van der Waals surface area contributed by atoms with Gasteiger partial charge < -0.3 is 9.64 Å². The van der Waals surface area contributed by atoms with E-state index in [2.05, 4.69) is 11.0 Å². The van der Waals surface area contributed by atoms with Crippen molar-refractivity contribution in [1.82, 2.24) is 9.80 Å². The molecule has 0 aliphatic carbocycles. The molecule has 0 N–H and O–H groups in total. The van der Waals surface area contributed by atoms with Crippen molar-refractivity contribution in [3.63, 3.8) is 0 Å². The summed E-state index contributed by atoms with van der Waals surface area (Å²) in [4.78, 5) is 16.1. The molecule has 1 aromatic rings. The Morgan fingerprint density at radius 1 is 1.26 bits per heavy atom. The maximum Gasteiger partial charge on any atom is 0.410 e. The molecule has 1 amide bonds. The van der Waals surface area contributed by atoms with Gasteiger partial charge in [-0.05, 0) is 26.3 Å². The van der Waals surface area contributed by atoms with E-state index in [0.29, 0.717) is 19.6 Å². The lowest BCUT2D eigenvalue weighted by Crippen LogP contribution is -2.49. The molecule has 0 unspecified atom stereocenters. The molecule has 0 atom stereocenters. The second-order valence-corrected chi connectivity index (χ2v) is 6.78. The van der Waals surface area contributed by atoms with Crippen molar-refractivity contribution >= 4 is 6.09 Å². The van der Waals surface area contributed by atoms with Gasteiger partial charge in [-0.15, -0.1) is 0 Å². The number of hydrogen-bond acceptors (Lipinski definition) is 4. The van der Waals surface area contributed by atoms with E-state index in [1.165, 1.54) is 5.56 Å². The minimum absolute atomic E-state index is 0.227. The second-order valence-electron chi connectivity index (χ2n) is 6.78. The van der Waals surface area contributed by atoms with Crippen LogP contribution in [-0.4, -0.2) is 47.7 Å². The molecule has 23 heavy (non-hydrogen) atoms. The summed E-state index contributed by atoms with van der Waals surface area (Å²) in [7, 11) is 0. The van der Waals surface area contributed by atoms with Crippen LogP contribution >= 0.6 is 0 Å². The van der Waals surface area contributed by atoms with Gasteiger partial charge in [-0.25, -0.2) is 4.79 Å². The predicted molar refractivity (Wildman–Crippen MR) is 85.3 cm³/mol. The summed E-state index contributed by atoms with van der Waals surface area (Å²) in [6.07, 6.45) is 3.62. The maximum absolute atomic E-state index is 12.0. The number of carbonyl (C=O) groups is 1. The number of nitriles is 1. The lowest BCUT2D eigenvalue weighted by atomic mass is 10.2.